The zero-order chi connectivity index (χ0) is 13.7. The van der Waals surface area contributed by atoms with Gasteiger partial charge in [0, 0.05) is 18.3 Å². The highest BCUT2D eigenvalue weighted by atomic mass is 15.2. The van der Waals surface area contributed by atoms with Gasteiger partial charge in [0.25, 0.3) is 0 Å². The number of likely N-dealkylation sites (N-methyl/N-ethyl adjacent to an activating group) is 2. The van der Waals surface area contributed by atoms with E-state index in [0.717, 1.165) is 17.7 Å². The molecule has 3 heteroatoms. The Labute approximate surface area is 115 Å². The summed E-state index contributed by atoms with van der Waals surface area (Å²) in [7, 11) is 3.93. The second-order valence-corrected chi connectivity index (χ2v) is 4.72. The first-order valence-corrected chi connectivity index (χ1v) is 6.56. The van der Waals surface area contributed by atoms with E-state index in [1.165, 1.54) is 5.57 Å². The Morgan fingerprint density at radius 1 is 1.26 bits per heavy atom. The normalized spacial score (nSPS) is 17.7. The van der Waals surface area contributed by atoms with Crippen molar-refractivity contribution in [2.24, 2.45) is 0 Å². The van der Waals surface area contributed by atoms with Crippen LogP contribution in [-0.4, -0.2) is 24.7 Å². The van der Waals surface area contributed by atoms with Crippen molar-refractivity contribution in [1.29, 1.82) is 0 Å². The van der Waals surface area contributed by atoms with Gasteiger partial charge in [-0.2, -0.15) is 0 Å². The van der Waals surface area contributed by atoms with Crippen molar-refractivity contribution in [2.75, 3.05) is 14.1 Å². The number of rotatable bonds is 4. The third kappa shape index (κ3) is 3.19. The molecule has 1 aromatic rings. The molecule has 0 atom stereocenters. The summed E-state index contributed by atoms with van der Waals surface area (Å²) in [6.45, 7) is 2.03. The lowest BCUT2D eigenvalue weighted by atomic mass is 9.96. The van der Waals surface area contributed by atoms with Crippen molar-refractivity contribution < 1.29 is 0 Å². The summed E-state index contributed by atoms with van der Waals surface area (Å²) in [5, 5.41) is 6.59. The molecule has 0 bridgehead atoms. The Balaban J connectivity index is 2.09. The Morgan fingerprint density at radius 3 is 2.63 bits per heavy atom. The van der Waals surface area contributed by atoms with Crippen molar-refractivity contribution >= 4 is 6.08 Å². The smallest absolute Gasteiger partial charge is 0.0912 e. The summed E-state index contributed by atoms with van der Waals surface area (Å²) in [6, 6.07) is 4.04. The highest BCUT2D eigenvalue weighted by molar-refractivity contribution is 5.56. The first-order chi connectivity index (χ1) is 9.19. The van der Waals surface area contributed by atoms with Crippen LogP contribution in [0.5, 0.6) is 0 Å². The quantitative estimate of drug-likeness (QED) is 0.811. The SMILES string of the molecule is CNC1(NC)C=CC(C=Cc2cccnc2C)=CC1. The van der Waals surface area contributed by atoms with Crippen LogP contribution >= 0.6 is 0 Å². The van der Waals surface area contributed by atoms with Gasteiger partial charge in [0.1, 0.15) is 0 Å². The van der Waals surface area contributed by atoms with Crippen molar-refractivity contribution in [1.82, 2.24) is 15.6 Å². The van der Waals surface area contributed by atoms with Gasteiger partial charge in [-0.3, -0.25) is 15.6 Å². The van der Waals surface area contributed by atoms with Gasteiger partial charge in [-0.25, -0.2) is 0 Å². The van der Waals surface area contributed by atoms with Crippen molar-refractivity contribution in [3.63, 3.8) is 0 Å². The summed E-state index contributed by atoms with van der Waals surface area (Å²) in [5.41, 5.74) is 3.33. The fourth-order valence-corrected chi connectivity index (χ4v) is 2.13. The predicted octanol–water partition coefficient (Wildman–Crippen LogP) is 2.42. The number of nitrogens with zero attached hydrogens (tertiary/aromatic N) is 1. The van der Waals surface area contributed by atoms with Crippen molar-refractivity contribution in [3.05, 3.63) is 59.5 Å². The Kier molecular flexibility index (Phi) is 4.30. The molecule has 0 aliphatic heterocycles. The van der Waals surface area contributed by atoms with Gasteiger partial charge >= 0.3 is 0 Å². The second kappa shape index (κ2) is 5.95. The molecule has 0 fully saturated rings. The number of hydrogen-bond donors (Lipinski definition) is 2. The number of hydrogen-bond acceptors (Lipinski definition) is 3. The Hall–Kier alpha value is -1.71. The van der Waals surface area contributed by atoms with E-state index in [9.17, 15) is 0 Å². The molecular formula is C16H21N3. The lowest BCUT2D eigenvalue weighted by molar-refractivity contribution is 0.376. The van der Waals surface area contributed by atoms with Crippen LogP contribution in [0.25, 0.3) is 6.08 Å². The van der Waals surface area contributed by atoms with Gasteiger partial charge in [0.05, 0.1) is 5.66 Å². The summed E-state index contributed by atoms with van der Waals surface area (Å²) in [4.78, 5) is 4.28. The van der Waals surface area contributed by atoms with Gasteiger partial charge in [0.15, 0.2) is 0 Å². The molecule has 0 aromatic carbocycles. The molecule has 2 rings (SSSR count). The third-order valence-electron chi connectivity index (χ3n) is 3.62. The molecule has 100 valence electrons. The Bertz CT molecular complexity index is 523. The number of pyridine rings is 1. The lowest BCUT2D eigenvalue weighted by Gasteiger charge is -2.31. The topological polar surface area (TPSA) is 37.0 Å². The number of aryl methyl sites for hydroxylation is 1. The second-order valence-electron chi connectivity index (χ2n) is 4.72. The molecular weight excluding hydrogens is 234 g/mol. The molecule has 1 aliphatic carbocycles. The van der Waals surface area contributed by atoms with Gasteiger partial charge in [-0.05, 0) is 44.3 Å². The minimum Gasteiger partial charge on any atom is -0.299 e. The van der Waals surface area contributed by atoms with Gasteiger partial charge < -0.3 is 0 Å². The number of allylic oxidation sites excluding steroid dienone is 3. The van der Waals surface area contributed by atoms with E-state index in [-0.39, 0.29) is 5.66 Å². The minimum absolute atomic E-state index is 0.110. The fourth-order valence-electron chi connectivity index (χ4n) is 2.13. The molecule has 0 saturated carbocycles. The van der Waals surface area contributed by atoms with Crippen LogP contribution in [0.2, 0.25) is 0 Å². The van der Waals surface area contributed by atoms with Crippen LogP contribution < -0.4 is 10.6 Å². The molecule has 0 saturated heterocycles. The van der Waals surface area contributed by atoms with Crippen LogP contribution in [0.1, 0.15) is 17.7 Å². The first-order valence-electron chi connectivity index (χ1n) is 6.56. The molecule has 1 aromatic heterocycles. The molecule has 19 heavy (non-hydrogen) atoms. The maximum atomic E-state index is 4.28. The third-order valence-corrected chi connectivity index (χ3v) is 3.62. The van der Waals surface area contributed by atoms with E-state index in [2.05, 4.69) is 52.1 Å². The molecule has 1 heterocycles. The average molecular weight is 255 g/mol. The van der Waals surface area contributed by atoms with Crippen LogP contribution in [-0.2, 0) is 0 Å². The van der Waals surface area contributed by atoms with E-state index in [1.807, 2.05) is 33.3 Å². The predicted molar refractivity (Wildman–Crippen MR) is 80.7 cm³/mol. The van der Waals surface area contributed by atoms with Crippen molar-refractivity contribution in [3.8, 4) is 0 Å². The summed E-state index contributed by atoms with van der Waals surface area (Å²) in [6.07, 6.45) is 13.5. The zero-order valence-corrected chi connectivity index (χ0v) is 11.8. The fraction of sp³-hybridized carbons (Fsp3) is 0.312. The van der Waals surface area contributed by atoms with Crippen LogP contribution in [0.4, 0.5) is 0 Å². The summed E-state index contributed by atoms with van der Waals surface area (Å²) in [5.74, 6) is 0. The lowest BCUT2D eigenvalue weighted by Crippen LogP contribution is -2.52. The molecule has 3 nitrogen and oxygen atoms in total. The van der Waals surface area contributed by atoms with Crippen molar-refractivity contribution in [2.45, 2.75) is 19.0 Å². The summed E-state index contributed by atoms with van der Waals surface area (Å²) < 4.78 is 0. The minimum atomic E-state index is -0.110. The molecule has 2 N–H and O–H groups in total. The zero-order valence-electron chi connectivity index (χ0n) is 11.8. The van der Waals surface area contributed by atoms with E-state index in [1.54, 1.807) is 0 Å². The monoisotopic (exact) mass is 255 g/mol. The molecule has 0 amide bonds. The first kappa shape index (κ1) is 13.7. The number of aromatic nitrogens is 1. The average Bonchev–Trinajstić information content (AvgIpc) is 2.47. The van der Waals surface area contributed by atoms with Gasteiger partial charge in [-0.1, -0.05) is 30.4 Å². The van der Waals surface area contributed by atoms with E-state index >= 15 is 0 Å². The van der Waals surface area contributed by atoms with Gasteiger partial charge in [0.2, 0.25) is 0 Å². The van der Waals surface area contributed by atoms with Crippen LogP contribution in [0, 0.1) is 6.92 Å². The van der Waals surface area contributed by atoms with Gasteiger partial charge in [-0.15, -0.1) is 0 Å². The molecule has 1 aliphatic rings. The summed E-state index contributed by atoms with van der Waals surface area (Å²) >= 11 is 0. The number of nitrogens with one attached hydrogen (secondary N) is 2. The Morgan fingerprint density at radius 2 is 2.05 bits per heavy atom. The van der Waals surface area contributed by atoms with Crippen LogP contribution in [0.15, 0.2) is 48.2 Å². The maximum Gasteiger partial charge on any atom is 0.0912 e. The largest absolute Gasteiger partial charge is 0.299 e. The highest BCUT2D eigenvalue weighted by Gasteiger charge is 2.22. The van der Waals surface area contributed by atoms with E-state index in [4.69, 9.17) is 0 Å². The van der Waals surface area contributed by atoms with E-state index < -0.39 is 0 Å². The highest BCUT2D eigenvalue weighted by Crippen LogP contribution is 2.19. The standard InChI is InChI=1S/C16H21N3/c1-13-15(5-4-12-19-13)7-6-14-8-10-16(17-2,18-3)11-9-14/h4-10,12,17-18H,11H2,1-3H3. The molecule has 0 radical (unpaired) electrons. The van der Waals surface area contributed by atoms with Crippen LogP contribution in [0.3, 0.4) is 0 Å². The molecule has 0 spiro atoms. The molecule has 0 unspecified atom stereocenters. The maximum absolute atomic E-state index is 4.28. The van der Waals surface area contributed by atoms with E-state index in [0.29, 0.717) is 0 Å².